The number of hydrogen-bond donors (Lipinski definition) is 1. The van der Waals surface area contributed by atoms with Gasteiger partial charge in [-0.15, -0.1) is 0 Å². The molecule has 0 spiro atoms. The Bertz CT molecular complexity index is 454. The first-order chi connectivity index (χ1) is 8.86. The van der Waals surface area contributed by atoms with E-state index in [2.05, 4.69) is 5.32 Å². The summed E-state index contributed by atoms with van der Waals surface area (Å²) in [5, 5.41) is 3.04. The van der Waals surface area contributed by atoms with Crippen LogP contribution in [-0.2, 0) is 12.7 Å². The van der Waals surface area contributed by atoms with Gasteiger partial charge in [0, 0.05) is 17.8 Å². The van der Waals surface area contributed by atoms with Gasteiger partial charge in [-0.25, -0.2) is 4.39 Å². The van der Waals surface area contributed by atoms with Gasteiger partial charge < -0.3 is 5.32 Å². The van der Waals surface area contributed by atoms with E-state index in [0.29, 0.717) is 12.6 Å². The van der Waals surface area contributed by atoms with Crippen LogP contribution >= 0.6 is 11.8 Å². The van der Waals surface area contributed by atoms with Crippen LogP contribution in [0.25, 0.3) is 0 Å². The molecule has 0 aromatic heterocycles. The number of thioether (sulfide) groups is 1. The smallest absolute Gasteiger partial charge is 0.311 e. The Kier molecular flexibility index (Phi) is 4.11. The fourth-order valence-corrected chi connectivity index (χ4v) is 2.74. The van der Waals surface area contributed by atoms with Gasteiger partial charge in [0.15, 0.2) is 0 Å². The topological polar surface area (TPSA) is 12.0 Å². The zero-order valence-electron chi connectivity index (χ0n) is 10.5. The quantitative estimate of drug-likeness (QED) is 0.828. The fourth-order valence-electron chi connectivity index (χ4n) is 1.98. The minimum Gasteiger partial charge on any atom is -0.311 e. The molecule has 1 aliphatic rings. The SMILES string of the molecule is CSC1(CNCc2ccc(F)cc2C(F)(F)F)CC1. The molecule has 0 aliphatic heterocycles. The first-order valence-electron chi connectivity index (χ1n) is 5.98. The van der Waals surface area contributed by atoms with Crippen molar-refractivity contribution >= 4 is 11.8 Å². The number of rotatable bonds is 5. The van der Waals surface area contributed by atoms with Gasteiger partial charge in [-0.3, -0.25) is 0 Å². The summed E-state index contributed by atoms with van der Waals surface area (Å²) in [6.07, 6.45) is -0.322. The Hall–Kier alpha value is -0.750. The summed E-state index contributed by atoms with van der Waals surface area (Å²) >= 11 is 1.74. The third kappa shape index (κ3) is 3.63. The Balaban J connectivity index is 2.03. The van der Waals surface area contributed by atoms with Crippen LogP contribution in [0.2, 0.25) is 0 Å². The van der Waals surface area contributed by atoms with E-state index < -0.39 is 17.6 Å². The molecule has 1 aromatic carbocycles. The van der Waals surface area contributed by atoms with Gasteiger partial charge in [-0.1, -0.05) is 6.07 Å². The van der Waals surface area contributed by atoms with Crippen molar-refractivity contribution < 1.29 is 17.6 Å². The zero-order chi connectivity index (χ0) is 14.1. The summed E-state index contributed by atoms with van der Waals surface area (Å²) in [5.41, 5.74) is -0.806. The number of hydrogen-bond acceptors (Lipinski definition) is 2. The highest BCUT2D eigenvalue weighted by molar-refractivity contribution is 8.00. The molecule has 106 valence electrons. The number of alkyl halides is 3. The molecule has 6 heteroatoms. The lowest BCUT2D eigenvalue weighted by molar-refractivity contribution is -0.138. The van der Waals surface area contributed by atoms with E-state index in [1.165, 1.54) is 6.07 Å². The lowest BCUT2D eigenvalue weighted by Gasteiger charge is -2.16. The molecule has 1 saturated carbocycles. The summed E-state index contributed by atoms with van der Waals surface area (Å²) < 4.78 is 51.4. The van der Waals surface area contributed by atoms with Gasteiger partial charge in [0.2, 0.25) is 0 Å². The summed E-state index contributed by atoms with van der Waals surface area (Å²) in [6.45, 7) is 0.792. The van der Waals surface area contributed by atoms with Crippen molar-refractivity contribution in [3.8, 4) is 0 Å². The normalized spacial score (nSPS) is 17.5. The molecule has 0 bridgehead atoms. The Labute approximate surface area is 113 Å². The number of benzene rings is 1. The lowest BCUT2D eigenvalue weighted by atomic mass is 10.1. The van der Waals surface area contributed by atoms with Crippen LogP contribution in [0.3, 0.4) is 0 Å². The van der Waals surface area contributed by atoms with Gasteiger partial charge >= 0.3 is 6.18 Å². The molecule has 1 fully saturated rings. The zero-order valence-corrected chi connectivity index (χ0v) is 11.3. The van der Waals surface area contributed by atoms with Crippen molar-refractivity contribution in [3.05, 3.63) is 35.1 Å². The Morgan fingerprint density at radius 1 is 1.32 bits per heavy atom. The maximum Gasteiger partial charge on any atom is 0.416 e. The highest BCUT2D eigenvalue weighted by Gasteiger charge is 2.41. The van der Waals surface area contributed by atoms with Gasteiger partial charge in [0.05, 0.1) is 5.56 Å². The number of halogens is 4. The summed E-state index contributed by atoms with van der Waals surface area (Å²) in [5.74, 6) is -0.862. The minimum absolute atomic E-state index is 0.0887. The van der Waals surface area contributed by atoms with Crippen LogP contribution in [0.4, 0.5) is 17.6 Å². The van der Waals surface area contributed by atoms with Crippen LogP contribution in [0, 0.1) is 5.82 Å². The van der Waals surface area contributed by atoms with E-state index >= 15 is 0 Å². The van der Waals surface area contributed by atoms with E-state index in [9.17, 15) is 17.6 Å². The molecule has 1 aromatic rings. The van der Waals surface area contributed by atoms with E-state index in [1.54, 1.807) is 11.8 Å². The van der Waals surface area contributed by atoms with Crippen molar-refractivity contribution in [1.29, 1.82) is 0 Å². The summed E-state index contributed by atoms with van der Waals surface area (Å²) in [7, 11) is 0. The van der Waals surface area contributed by atoms with Crippen LogP contribution in [0.1, 0.15) is 24.0 Å². The van der Waals surface area contributed by atoms with Crippen molar-refractivity contribution in [2.75, 3.05) is 12.8 Å². The van der Waals surface area contributed by atoms with E-state index in [-0.39, 0.29) is 16.9 Å². The second-order valence-electron chi connectivity index (χ2n) is 4.79. The van der Waals surface area contributed by atoms with E-state index in [4.69, 9.17) is 0 Å². The largest absolute Gasteiger partial charge is 0.416 e. The monoisotopic (exact) mass is 293 g/mol. The first kappa shape index (κ1) is 14.7. The Morgan fingerprint density at radius 3 is 2.53 bits per heavy atom. The average molecular weight is 293 g/mol. The molecule has 19 heavy (non-hydrogen) atoms. The average Bonchev–Trinajstić information content (AvgIpc) is 3.10. The van der Waals surface area contributed by atoms with Crippen molar-refractivity contribution in [3.63, 3.8) is 0 Å². The predicted molar refractivity (Wildman–Crippen MR) is 68.6 cm³/mol. The third-order valence-electron chi connectivity index (χ3n) is 3.38. The number of nitrogens with one attached hydrogen (secondary N) is 1. The molecular weight excluding hydrogens is 278 g/mol. The van der Waals surface area contributed by atoms with Crippen molar-refractivity contribution in [1.82, 2.24) is 5.32 Å². The predicted octanol–water partition coefficient (Wildman–Crippen LogP) is 3.83. The van der Waals surface area contributed by atoms with Crippen LogP contribution in [0.15, 0.2) is 18.2 Å². The third-order valence-corrected chi connectivity index (χ3v) is 4.80. The van der Waals surface area contributed by atoms with Crippen LogP contribution in [-0.4, -0.2) is 17.5 Å². The maximum absolute atomic E-state index is 12.9. The summed E-state index contributed by atoms with van der Waals surface area (Å²) in [4.78, 5) is 0. The Morgan fingerprint density at radius 2 is 2.00 bits per heavy atom. The maximum atomic E-state index is 12.9. The molecule has 1 N–H and O–H groups in total. The first-order valence-corrected chi connectivity index (χ1v) is 7.20. The molecule has 0 radical (unpaired) electrons. The minimum atomic E-state index is -4.52. The fraction of sp³-hybridized carbons (Fsp3) is 0.538. The standard InChI is InChI=1S/C13H15F4NS/c1-19-12(4-5-12)8-18-7-9-2-3-10(14)6-11(9)13(15,16)17/h2-3,6,18H,4-5,7-8H2,1H3. The van der Waals surface area contributed by atoms with E-state index in [1.807, 2.05) is 6.26 Å². The molecule has 1 aliphatic carbocycles. The highest BCUT2D eigenvalue weighted by atomic mass is 32.2. The van der Waals surface area contributed by atoms with Crippen LogP contribution in [0.5, 0.6) is 0 Å². The highest BCUT2D eigenvalue weighted by Crippen LogP contribution is 2.46. The second-order valence-corrected chi connectivity index (χ2v) is 6.06. The van der Waals surface area contributed by atoms with Crippen LogP contribution < -0.4 is 5.32 Å². The van der Waals surface area contributed by atoms with Crippen molar-refractivity contribution in [2.24, 2.45) is 0 Å². The molecule has 0 atom stereocenters. The molecule has 0 unspecified atom stereocenters. The molecular formula is C13H15F4NS. The lowest BCUT2D eigenvalue weighted by Crippen LogP contribution is -2.26. The second kappa shape index (κ2) is 5.32. The van der Waals surface area contributed by atoms with Gasteiger partial charge in [-0.2, -0.15) is 24.9 Å². The van der Waals surface area contributed by atoms with E-state index in [0.717, 1.165) is 18.9 Å². The molecule has 0 saturated heterocycles. The molecule has 0 heterocycles. The van der Waals surface area contributed by atoms with Gasteiger partial charge in [0.1, 0.15) is 5.82 Å². The van der Waals surface area contributed by atoms with Gasteiger partial charge in [-0.05, 0) is 36.8 Å². The molecule has 2 rings (SSSR count). The summed E-state index contributed by atoms with van der Waals surface area (Å²) in [6, 6.07) is 2.82. The van der Waals surface area contributed by atoms with Crippen molar-refractivity contribution in [2.45, 2.75) is 30.3 Å². The van der Waals surface area contributed by atoms with Gasteiger partial charge in [0.25, 0.3) is 0 Å². The molecule has 0 amide bonds. The molecule has 1 nitrogen and oxygen atoms in total.